The standard InChI is InChI=1S/C13H11ClN2O3S/c1-15-11(18)8(12(19)16(2)13(15)20)5-7-3-4-10(17)9(14)6-7/h3-6,17H,1-2H3. The van der Waals surface area contributed by atoms with Crippen molar-refractivity contribution >= 4 is 46.8 Å². The molecule has 1 aromatic carbocycles. The molecule has 104 valence electrons. The molecular weight excluding hydrogens is 300 g/mol. The SMILES string of the molecule is CN1C(=O)C(=Cc2ccc(O)c(Cl)c2)C(=O)N(C)C1=S. The third-order valence-electron chi connectivity index (χ3n) is 2.93. The van der Waals surface area contributed by atoms with Crippen molar-refractivity contribution in [3.05, 3.63) is 34.4 Å². The van der Waals surface area contributed by atoms with Crippen LogP contribution in [0.25, 0.3) is 6.08 Å². The fraction of sp³-hybridized carbons (Fsp3) is 0.154. The number of thiocarbonyl (C=S) groups is 1. The van der Waals surface area contributed by atoms with Crippen LogP contribution in [-0.2, 0) is 9.59 Å². The van der Waals surface area contributed by atoms with Crippen molar-refractivity contribution in [2.75, 3.05) is 14.1 Å². The summed E-state index contributed by atoms with van der Waals surface area (Å²) in [5.74, 6) is -1.00. The number of nitrogens with zero attached hydrogens (tertiary/aromatic N) is 2. The second-order valence-corrected chi connectivity index (χ2v) is 5.05. The Hall–Kier alpha value is -1.92. The van der Waals surface area contributed by atoms with Crippen molar-refractivity contribution in [2.45, 2.75) is 0 Å². The molecule has 0 aliphatic carbocycles. The fourth-order valence-corrected chi connectivity index (χ4v) is 2.11. The van der Waals surface area contributed by atoms with E-state index in [0.717, 1.165) is 0 Å². The summed E-state index contributed by atoms with van der Waals surface area (Å²) in [4.78, 5) is 26.6. The Balaban J connectivity index is 2.46. The van der Waals surface area contributed by atoms with Crippen LogP contribution in [0.4, 0.5) is 0 Å². The molecule has 1 aliphatic heterocycles. The molecule has 7 heteroatoms. The lowest BCUT2D eigenvalue weighted by Gasteiger charge is -2.31. The second-order valence-electron chi connectivity index (χ2n) is 4.28. The van der Waals surface area contributed by atoms with Gasteiger partial charge in [-0.15, -0.1) is 0 Å². The number of phenolic OH excluding ortho intramolecular Hbond substituents is 1. The van der Waals surface area contributed by atoms with Crippen molar-refractivity contribution in [3.63, 3.8) is 0 Å². The molecular formula is C13H11ClN2O3S. The van der Waals surface area contributed by atoms with Gasteiger partial charge in [0.15, 0.2) is 5.11 Å². The van der Waals surface area contributed by atoms with Gasteiger partial charge in [0.05, 0.1) is 5.02 Å². The molecule has 2 amide bonds. The molecule has 20 heavy (non-hydrogen) atoms. The van der Waals surface area contributed by atoms with Crippen molar-refractivity contribution < 1.29 is 14.7 Å². The molecule has 5 nitrogen and oxygen atoms in total. The van der Waals surface area contributed by atoms with Crippen LogP contribution in [-0.4, -0.2) is 45.9 Å². The van der Waals surface area contributed by atoms with E-state index in [4.69, 9.17) is 23.8 Å². The largest absolute Gasteiger partial charge is 0.506 e. The van der Waals surface area contributed by atoms with E-state index in [1.807, 2.05) is 0 Å². The third kappa shape index (κ3) is 2.39. The summed E-state index contributed by atoms with van der Waals surface area (Å²) in [5.41, 5.74) is 0.532. The van der Waals surface area contributed by atoms with Gasteiger partial charge in [0.1, 0.15) is 11.3 Å². The lowest BCUT2D eigenvalue weighted by Crippen LogP contribution is -2.52. The van der Waals surface area contributed by atoms with E-state index in [-0.39, 0.29) is 21.5 Å². The van der Waals surface area contributed by atoms with Crippen LogP contribution in [0.15, 0.2) is 23.8 Å². The van der Waals surface area contributed by atoms with Gasteiger partial charge in [-0.3, -0.25) is 19.4 Å². The van der Waals surface area contributed by atoms with Crippen molar-refractivity contribution in [1.29, 1.82) is 0 Å². The summed E-state index contributed by atoms with van der Waals surface area (Å²) >= 11 is 10.8. The van der Waals surface area contributed by atoms with Gasteiger partial charge in [0.2, 0.25) is 0 Å². The van der Waals surface area contributed by atoms with E-state index >= 15 is 0 Å². The average molecular weight is 311 g/mol. The highest BCUT2D eigenvalue weighted by molar-refractivity contribution is 7.80. The molecule has 0 radical (unpaired) electrons. The maximum Gasteiger partial charge on any atom is 0.265 e. The molecule has 0 bridgehead atoms. The topological polar surface area (TPSA) is 60.9 Å². The highest BCUT2D eigenvalue weighted by atomic mass is 35.5. The van der Waals surface area contributed by atoms with Crippen LogP contribution in [0, 0.1) is 0 Å². The van der Waals surface area contributed by atoms with Crippen LogP contribution < -0.4 is 0 Å². The lowest BCUT2D eigenvalue weighted by atomic mass is 10.1. The minimum absolute atomic E-state index is 0.00893. The zero-order chi connectivity index (χ0) is 15.0. The molecule has 1 N–H and O–H groups in total. The first-order valence-corrected chi connectivity index (χ1v) is 6.42. The lowest BCUT2D eigenvalue weighted by molar-refractivity contribution is -0.132. The van der Waals surface area contributed by atoms with E-state index in [1.165, 1.54) is 42.1 Å². The summed E-state index contributed by atoms with van der Waals surface area (Å²) in [6.07, 6.45) is 1.42. The average Bonchev–Trinajstić information content (AvgIpc) is 2.43. The number of carbonyl (C=O) groups is 2. The first-order chi connectivity index (χ1) is 9.32. The molecule has 1 aromatic rings. The summed E-state index contributed by atoms with van der Waals surface area (Å²) in [6, 6.07) is 4.42. The van der Waals surface area contributed by atoms with E-state index in [9.17, 15) is 14.7 Å². The van der Waals surface area contributed by atoms with Gasteiger partial charge >= 0.3 is 0 Å². The van der Waals surface area contributed by atoms with Gasteiger partial charge in [-0.05, 0) is 36.0 Å². The zero-order valence-corrected chi connectivity index (χ0v) is 12.3. The van der Waals surface area contributed by atoms with Crippen LogP contribution in [0.3, 0.4) is 0 Å². The third-order valence-corrected chi connectivity index (χ3v) is 3.78. The number of phenols is 1. The van der Waals surface area contributed by atoms with E-state index in [0.29, 0.717) is 5.56 Å². The molecule has 0 saturated carbocycles. The number of benzene rings is 1. The minimum atomic E-state index is -0.470. The number of hydrogen-bond acceptors (Lipinski definition) is 4. The normalized spacial score (nSPS) is 15.9. The monoisotopic (exact) mass is 310 g/mol. The Bertz CT molecular complexity index is 631. The smallest absolute Gasteiger partial charge is 0.265 e. The van der Waals surface area contributed by atoms with Crippen molar-refractivity contribution in [3.8, 4) is 5.75 Å². The van der Waals surface area contributed by atoms with Crippen molar-refractivity contribution in [2.24, 2.45) is 0 Å². The van der Waals surface area contributed by atoms with Gasteiger partial charge in [0.25, 0.3) is 11.8 Å². The maximum atomic E-state index is 12.1. The Morgan fingerprint density at radius 3 is 2.25 bits per heavy atom. The highest BCUT2D eigenvalue weighted by Gasteiger charge is 2.35. The molecule has 1 fully saturated rings. The maximum absolute atomic E-state index is 12.1. The van der Waals surface area contributed by atoms with Gasteiger partial charge in [-0.25, -0.2) is 0 Å². The zero-order valence-electron chi connectivity index (χ0n) is 10.8. The number of hydrogen-bond donors (Lipinski definition) is 1. The molecule has 0 unspecified atom stereocenters. The molecule has 0 spiro atoms. The molecule has 0 aromatic heterocycles. The van der Waals surface area contributed by atoms with Gasteiger partial charge in [-0.2, -0.15) is 0 Å². The highest BCUT2D eigenvalue weighted by Crippen LogP contribution is 2.26. The van der Waals surface area contributed by atoms with E-state index < -0.39 is 11.8 Å². The predicted octanol–water partition coefficient (Wildman–Crippen LogP) is 1.64. The molecule has 2 rings (SSSR count). The number of amides is 2. The molecule has 0 atom stereocenters. The van der Waals surface area contributed by atoms with Crippen LogP contribution >= 0.6 is 23.8 Å². The Labute approximate surface area is 126 Å². The minimum Gasteiger partial charge on any atom is -0.506 e. The number of likely N-dealkylation sites (N-methyl/N-ethyl adjacent to an activating group) is 2. The Morgan fingerprint density at radius 2 is 1.75 bits per heavy atom. The van der Waals surface area contributed by atoms with E-state index in [1.54, 1.807) is 6.07 Å². The quantitative estimate of drug-likeness (QED) is 0.487. The summed E-state index contributed by atoms with van der Waals surface area (Å²) in [7, 11) is 3.01. The molecule has 1 heterocycles. The summed E-state index contributed by atoms with van der Waals surface area (Å²) in [5, 5.41) is 9.65. The van der Waals surface area contributed by atoms with Crippen LogP contribution in [0.5, 0.6) is 5.75 Å². The van der Waals surface area contributed by atoms with Crippen molar-refractivity contribution in [1.82, 2.24) is 9.80 Å². The van der Waals surface area contributed by atoms with Gasteiger partial charge in [-0.1, -0.05) is 17.7 Å². The van der Waals surface area contributed by atoms with Crippen LogP contribution in [0.1, 0.15) is 5.56 Å². The Kier molecular flexibility index (Phi) is 3.78. The number of halogens is 1. The second kappa shape index (κ2) is 5.22. The van der Waals surface area contributed by atoms with Gasteiger partial charge in [0, 0.05) is 14.1 Å². The van der Waals surface area contributed by atoms with Crippen LogP contribution in [0.2, 0.25) is 5.02 Å². The first-order valence-electron chi connectivity index (χ1n) is 5.63. The van der Waals surface area contributed by atoms with E-state index in [2.05, 4.69) is 0 Å². The Morgan fingerprint density at radius 1 is 1.20 bits per heavy atom. The summed E-state index contributed by atoms with van der Waals surface area (Å²) < 4.78 is 0. The number of carbonyl (C=O) groups excluding carboxylic acids is 2. The first kappa shape index (κ1) is 14.5. The summed E-state index contributed by atoms with van der Waals surface area (Å²) in [6.45, 7) is 0. The number of rotatable bonds is 1. The molecule has 1 saturated heterocycles. The predicted molar refractivity (Wildman–Crippen MR) is 79.2 cm³/mol. The molecule has 1 aliphatic rings. The van der Waals surface area contributed by atoms with Gasteiger partial charge < -0.3 is 5.11 Å². The number of aromatic hydroxyl groups is 1. The fourth-order valence-electron chi connectivity index (χ4n) is 1.75.